The minimum atomic E-state index is -1.05. The topological polar surface area (TPSA) is 66.9 Å². The van der Waals surface area contributed by atoms with Gasteiger partial charge in [0, 0.05) is 18.7 Å². The Morgan fingerprint density at radius 2 is 1.84 bits per heavy atom. The maximum absolute atomic E-state index is 12.9. The van der Waals surface area contributed by atoms with Crippen LogP contribution in [0.15, 0.2) is 18.2 Å². The number of benzene rings is 1. The van der Waals surface area contributed by atoms with E-state index in [9.17, 15) is 14.4 Å². The van der Waals surface area contributed by atoms with Crippen molar-refractivity contribution in [1.82, 2.24) is 4.90 Å². The largest absolute Gasteiger partial charge is 0.476 e. The van der Waals surface area contributed by atoms with Crippen LogP contribution in [0.4, 0.5) is 5.69 Å². The summed E-state index contributed by atoms with van der Waals surface area (Å²) in [5.74, 6) is 0.0828. The number of hydrogen-bond acceptors (Lipinski definition) is 4. The Hall–Kier alpha value is -2.37. The Morgan fingerprint density at radius 1 is 1.16 bits per heavy atom. The van der Waals surface area contributed by atoms with Crippen LogP contribution in [-0.4, -0.2) is 47.7 Å². The molecule has 3 rings (SSSR count). The number of fused-ring (bicyclic) bond motifs is 1. The molecule has 1 aromatic rings. The molecule has 6 nitrogen and oxygen atoms in total. The summed E-state index contributed by atoms with van der Waals surface area (Å²) in [6.07, 6.45) is 3.14. The van der Waals surface area contributed by atoms with Gasteiger partial charge >= 0.3 is 0 Å². The van der Waals surface area contributed by atoms with Crippen molar-refractivity contribution >= 4 is 23.3 Å². The molecule has 2 amide bonds. The van der Waals surface area contributed by atoms with Gasteiger partial charge in [0.25, 0.3) is 5.91 Å². The maximum atomic E-state index is 12.9. The normalized spacial score (nSPS) is 19.2. The fourth-order valence-electron chi connectivity index (χ4n) is 3.32. The zero-order valence-electron chi connectivity index (χ0n) is 15.0. The van der Waals surface area contributed by atoms with Gasteiger partial charge in [0.2, 0.25) is 5.91 Å². The first-order valence-electron chi connectivity index (χ1n) is 8.73. The third-order valence-electron chi connectivity index (χ3n) is 4.78. The standard InChI is InChI=1S/C19H24N2O4/c1-13(22)14-7-8-16-15(11-14)21(18(24)19(2,3)25-16)12-17(23)20-9-5-4-6-10-20/h7-8,11H,4-6,9-10,12H2,1-3H3. The second-order valence-electron chi connectivity index (χ2n) is 7.18. The molecular formula is C19H24N2O4. The van der Waals surface area contributed by atoms with Crippen LogP contribution in [0.5, 0.6) is 5.75 Å². The number of piperidine rings is 1. The quantitative estimate of drug-likeness (QED) is 0.790. The summed E-state index contributed by atoms with van der Waals surface area (Å²) in [5.41, 5.74) is -0.0694. The van der Waals surface area contributed by atoms with Crippen LogP contribution in [0.25, 0.3) is 0 Å². The first-order valence-corrected chi connectivity index (χ1v) is 8.73. The number of Topliss-reactive ketones (excluding diaryl/α,β-unsaturated/α-hetero) is 1. The van der Waals surface area contributed by atoms with E-state index < -0.39 is 5.60 Å². The van der Waals surface area contributed by atoms with Gasteiger partial charge in [-0.3, -0.25) is 19.3 Å². The molecule has 0 unspecified atom stereocenters. The molecule has 1 fully saturated rings. The molecule has 0 bridgehead atoms. The Labute approximate surface area is 147 Å². The predicted octanol–water partition coefficient (Wildman–Crippen LogP) is 2.41. The number of anilines is 1. The Kier molecular flexibility index (Phi) is 4.54. The van der Waals surface area contributed by atoms with E-state index in [4.69, 9.17) is 4.74 Å². The molecule has 1 saturated heterocycles. The molecule has 0 spiro atoms. The second kappa shape index (κ2) is 6.50. The lowest BCUT2D eigenvalue weighted by atomic mass is 10.0. The van der Waals surface area contributed by atoms with E-state index in [2.05, 4.69) is 0 Å². The average molecular weight is 344 g/mol. The number of nitrogens with zero attached hydrogens (tertiary/aromatic N) is 2. The van der Waals surface area contributed by atoms with E-state index >= 15 is 0 Å². The van der Waals surface area contributed by atoms with E-state index in [1.165, 1.54) is 11.8 Å². The Balaban J connectivity index is 1.93. The van der Waals surface area contributed by atoms with E-state index in [1.54, 1.807) is 32.0 Å². The van der Waals surface area contributed by atoms with Gasteiger partial charge in [0.1, 0.15) is 12.3 Å². The molecule has 134 valence electrons. The highest BCUT2D eigenvalue weighted by Gasteiger charge is 2.42. The SMILES string of the molecule is CC(=O)c1ccc2c(c1)N(CC(=O)N1CCCCC1)C(=O)C(C)(C)O2. The fourth-order valence-corrected chi connectivity index (χ4v) is 3.32. The zero-order chi connectivity index (χ0) is 18.2. The molecule has 0 saturated carbocycles. The molecule has 25 heavy (non-hydrogen) atoms. The number of carbonyl (C=O) groups is 3. The van der Waals surface area contributed by atoms with Crippen molar-refractivity contribution in [2.24, 2.45) is 0 Å². The van der Waals surface area contributed by atoms with E-state index in [1.807, 2.05) is 4.90 Å². The number of amides is 2. The molecule has 0 aromatic heterocycles. The van der Waals surface area contributed by atoms with Crippen LogP contribution >= 0.6 is 0 Å². The Morgan fingerprint density at radius 3 is 2.48 bits per heavy atom. The van der Waals surface area contributed by atoms with Crippen LogP contribution in [0.3, 0.4) is 0 Å². The van der Waals surface area contributed by atoms with Gasteiger partial charge in [-0.2, -0.15) is 0 Å². The highest BCUT2D eigenvalue weighted by Crippen LogP contribution is 2.38. The zero-order valence-corrected chi connectivity index (χ0v) is 15.0. The van der Waals surface area contributed by atoms with Crippen molar-refractivity contribution in [1.29, 1.82) is 0 Å². The summed E-state index contributed by atoms with van der Waals surface area (Å²) >= 11 is 0. The third-order valence-corrected chi connectivity index (χ3v) is 4.78. The van der Waals surface area contributed by atoms with Crippen molar-refractivity contribution in [2.75, 3.05) is 24.5 Å². The number of ketones is 1. The first-order chi connectivity index (χ1) is 11.8. The van der Waals surface area contributed by atoms with Gasteiger partial charge in [-0.1, -0.05) is 0 Å². The van der Waals surface area contributed by atoms with E-state index in [0.29, 0.717) is 17.0 Å². The summed E-state index contributed by atoms with van der Waals surface area (Å²) < 4.78 is 5.80. The first kappa shape index (κ1) is 17.5. The van der Waals surface area contributed by atoms with Gasteiger partial charge in [-0.05, 0) is 58.2 Å². The summed E-state index contributed by atoms with van der Waals surface area (Å²) in [4.78, 5) is 40.5. The lowest BCUT2D eigenvalue weighted by Gasteiger charge is -2.39. The van der Waals surface area contributed by atoms with Crippen molar-refractivity contribution in [3.05, 3.63) is 23.8 Å². The van der Waals surface area contributed by atoms with Crippen molar-refractivity contribution < 1.29 is 19.1 Å². The summed E-state index contributed by atoms with van der Waals surface area (Å²) in [7, 11) is 0. The number of ether oxygens (including phenoxy) is 1. The van der Waals surface area contributed by atoms with Gasteiger partial charge in [-0.25, -0.2) is 0 Å². The monoisotopic (exact) mass is 344 g/mol. The molecule has 2 aliphatic heterocycles. The summed E-state index contributed by atoms with van der Waals surface area (Å²) in [6.45, 7) is 6.30. The van der Waals surface area contributed by atoms with Gasteiger partial charge < -0.3 is 9.64 Å². The highest BCUT2D eigenvalue weighted by atomic mass is 16.5. The summed E-state index contributed by atoms with van der Waals surface area (Å²) in [6, 6.07) is 5.00. The van der Waals surface area contributed by atoms with Crippen LogP contribution in [0, 0.1) is 0 Å². The summed E-state index contributed by atoms with van der Waals surface area (Å²) in [5, 5.41) is 0. The smallest absolute Gasteiger partial charge is 0.271 e. The average Bonchev–Trinajstić information content (AvgIpc) is 2.59. The lowest BCUT2D eigenvalue weighted by molar-refractivity contribution is -0.137. The van der Waals surface area contributed by atoms with E-state index in [0.717, 1.165) is 32.4 Å². The predicted molar refractivity (Wildman–Crippen MR) is 93.9 cm³/mol. The van der Waals surface area contributed by atoms with Crippen molar-refractivity contribution in [2.45, 2.75) is 45.6 Å². The molecular weight excluding hydrogens is 320 g/mol. The Bertz CT molecular complexity index is 720. The highest BCUT2D eigenvalue weighted by molar-refractivity contribution is 6.07. The van der Waals surface area contributed by atoms with Crippen LogP contribution in [-0.2, 0) is 9.59 Å². The molecule has 2 heterocycles. The molecule has 2 aliphatic rings. The molecule has 6 heteroatoms. The van der Waals surface area contributed by atoms with Crippen molar-refractivity contribution in [3.63, 3.8) is 0 Å². The number of likely N-dealkylation sites (tertiary alicyclic amines) is 1. The number of carbonyl (C=O) groups excluding carboxylic acids is 3. The third kappa shape index (κ3) is 3.38. The van der Waals surface area contributed by atoms with Crippen LogP contribution < -0.4 is 9.64 Å². The number of rotatable bonds is 3. The minimum Gasteiger partial charge on any atom is -0.476 e. The maximum Gasteiger partial charge on any atom is 0.271 e. The molecule has 0 radical (unpaired) electrons. The van der Waals surface area contributed by atoms with Crippen LogP contribution in [0.2, 0.25) is 0 Å². The van der Waals surface area contributed by atoms with Crippen molar-refractivity contribution in [3.8, 4) is 5.75 Å². The second-order valence-corrected chi connectivity index (χ2v) is 7.18. The fraction of sp³-hybridized carbons (Fsp3) is 0.526. The minimum absolute atomic E-state index is 0.0278. The lowest BCUT2D eigenvalue weighted by Crippen LogP contribution is -2.55. The molecule has 0 atom stereocenters. The molecule has 1 aromatic carbocycles. The van der Waals surface area contributed by atoms with Gasteiger partial charge in [0.05, 0.1) is 5.69 Å². The van der Waals surface area contributed by atoms with Gasteiger partial charge in [0.15, 0.2) is 11.4 Å². The molecule has 0 aliphatic carbocycles. The molecule has 0 N–H and O–H groups in total. The van der Waals surface area contributed by atoms with E-state index in [-0.39, 0.29) is 24.1 Å². The van der Waals surface area contributed by atoms with Crippen LogP contribution in [0.1, 0.15) is 50.4 Å². The van der Waals surface area contributed by atoms with Gasteiger partial charge in [-0.15, -0.1) is 0 Å². The number of hydrogen-bond donors (Lipinski definition) is 0.